The monoisotopic (exact) mass is 414 g/mol. The van der Waals surface area contributed by atoms with Crippen LogP contribution in [0.1, 0.15) is 28.3 Å². The van der Waals surface area contributed by atoms with Crippen molar-refractivity contribution in [2.24, 2.45) is 5.92 Å². The Morgan fingerprint density at radius 3 is 2.50 bits per heavy atom. The van der Waals surface area contributed by atoms with E-state index in [0.717, 1.165) is 11.3 Å². The largest absolute Gasteiger partial charge is 0.497 e. The first-order valence-corrected chi connectivity index (χ1v) is 9.99. The number of hydrogen-bond donors (Lipinski definition) is 1. The highest BCUT2D eigenvalue weighted by molar-refractivity contribution is 5.95. The summed E-state index contributed by atoms with van der Waals surface area (Å²) in [6.07, 6.45) is 0.708. The molecule has 0 spiro atoms. The number of rotatable bonds is 8. The quantitative estimate of drug-likeness (QED) is 0.675. The highest BCUT2D eigenvalue weighted by atomic mass is 19.1. The summed E-state index contributed by atoms with van der Waals surface area (Å²) in [4.78, 5) is 27.4. The topological polar surface area (TPSA) is 67.9 Å². The Labute approximate surface area is 176 Å². The third-order valence-electron chi connectivity index (χ3n) is 5.42. The molecule has 2 atom stereocenters. The minimum atomic E-state index is -0.559. The molecule has 0 unspecified atom stereocenters. The van der Waals surface area contributed by atoms with Crippen LogP contribution in [0.5, 0.6) is 5.75 Å². The fourth-order valence-electron chi connectivity index (χ4n) is 3.79. The van der Waals surface area contributed by atoms with Crippen molar-refractivity contribution in [3.8, 4) is 5.75 Å². The second-order valence-corrected chi connectivity index (χ2v) is 7.31. The molecule has 1 heterocycles. The van der Waals surface area contributed by atoms with Crippen LogP contribution >= 0.6 is 0 Å². The molecule has 1 N–H and O–H groups in total. The highest BCUT2D eigenvalue weighted by Crippen LogP contribution is 2.34. The summed E-state index contributed by atoms with van der Waals surface area (Å²) < 4.78 is 24.4. The first-order chi connectivity index (χ1) is 14.5. The van der Waals surface area contributed by atoms with Crippen molar-refractivity contribution >= 4 is 11.8 Å². The van der Waals surface area contributed by atoms with Gasteiger partial charge < -0.3 is 19.7 Å². The number of hydrogen-bond acceptors (Lipinski definition) is 4. The predicted molar refractivity (Wildman–Crippen MR) is 111 cm³/mol. The van der Waals surface area contributed by atoms with E-state index in [-0.39, 0.29) is 23.9 Å². The number of carbonyl (C=O) groups excluding carboxylic acids is 2. The van der Waals surface area contributed by atoms with Crippen molar-refractivity contribution < 1.29 is 23.5 Å². The summed E-state index contributed by atoms with van der Waals surface area (Å²) in [5.74, 6) is -0.963. The molecule has 6 nitrogen and oxygen atoms in total. The molecule has 0 aliphatic carbocycles. The number of likely N-dealkylation sites (tertiary alicyclic amines) is 1. The average Bonchev–Trinajstić information content (AvgIpc) is 3.22. The Kier molecular flexibility index (Phi) is 7.41. The van der Waals surface area contributed by atoms with E-state index in [1.54, 1.807) is 31.3 Å². The Hall–Kier alpha value is -2.93. The number of halogens is 1. The van der Waals surface area contributed by atoms with E-state index >= 15 is 0 Å². The molecule has 7 heteroatoms. The summed E-state index contributed by atoms with van der Waals surface area (Å²) in [6.45, 7) is 1.64. The van der Waals surface area contributed by atoms with Crippen molar-refractivity contribution in [3.05, 3.63) is 65.5 Å². The lowest BCUT2D eigenvalue weighted by Crippen LogP contribution is -2.36. The van der Waals surface area contributed by atoms with Crippen molar-refractivity contribution in [2.75, 3.05) is 40.5 Å². The first-order valence-electron chi connectivity index (χ1n) is 9.99. The maximum Gasteiger partial charge on any atom is 0.256 e. The maximum absolute atomic E-state index is 14.1. The van der Waals surface area contributed by atoms with Crippen LogP contribution in [0.2, 0.25) is 0 Å². The minimum Gasteiger partial charge on any atom is -0.497 e. The standard InChI is InChI=1S/C23H27FN2O4/c1-29-13-5-12-25-22(27)20-15-26(23(28)18-6-3-4-7-21(18)24)14-19(20)16-8-10-17(30-2)11-9-16/h3-4,6-11,19-20H,5,12-15H2,1-2H3,(H,25,27)/t19-,20+/m1/s1. The smallest absolute Gasteiger partial charge is 0.256 e. The number of nitrogens with zero attached hydrogens (tertiary/aromatic N) is 1. The molecule has 0 aromatic heterocycles. The Balaban J connectivity index is 1.80. The molecule has 160 valence electrons. The molecule has 1 saturated heterocycles. The van der Waals surface area contributed by atoms with E-state index in [1.165, 1.54) is 12.1 Å². The van der Waals surface area contributed by atoms with Crippen LogP contribution in [0.4, 0.5) is 4.39 Å². The molecule has 2 aromatic carbocycles. The fraction of sp³-hybridized carbons (Fsp3) is 0.391. The normalized spacial score (nSPS) is 18.3. The molecule has 0 saturated carbocycles. The summed E-state index contributed by atoms with van der Waals surface area (Å²) in [6, 6.07) is 13.4. The Bertz CT molecular complexity index is 872. The molecule has 30 heavy (non-hydrogen) atoms. The van der Waals surface area contributed by atoms with Gasteiger partial charge in [-0.3, -0.25) is 9.59 Å². The van der Waals surface area contributed by atoms with Crippen molar-refractivity contribution in [1.29, 1.82) is 0 Å². The first kappa shape index (κ1) is 21.8. The lowest BCUT2D eigenvalue weighted by molar-refractivity contribution is -0.124. The van der Waals surface area contributed by atoms with Crippen LogP contribution in [0, 0.1) is 11.7 Å². The molecule has 0 bridgehead atoms. The number of methoxy groups -OCH3 is 2. The van der Waals surface area contributed by atoms with Gasteiger partial charge in [0, 0.05) is 39.3 Å². The summed E-state index contributed by atoms with van der Waals surface area (Å²) in [5.41, 5.74) is 0.962. The van der Waals surface area contributed by atoms with Crippen LogP contribution in [-0.2, 0) is 9.53 Å². The lowest BCUT2D eigenvalue weighted by atomic mass is 9.88. The zero-order chi connectivity index (χ0) is 21.5. The molecule has 2 amide bonds. The van der Waals surface area contributed by atoms with Crippen molar-refractivity contribution in [2.45, 2.75) is 12.3 Å². The third-order valence-corrected chi connectivity index (χ3v) is 5.42. The average molecular weight is 414 g/mol. The van der Waals surface area contributed by atoms with E-state index in [0.29, 0.717) is 26.1 Å². The summed E-state index contributed by atoms with van der Waals surface area (Å²) in [7, 11) is 3.21. The number of carbonyl (C=O) groups is 2. The second-order valence-electron chi connectivity index (χ2n) is 7.31. The van der Waals surface area contributed by atoms with Gasteiger partial charge in [-0.25, -0.2) is 4.39 Å². The van der Waals surface area contributed by atoms with Crippen LogP contribution in [0.3, 0.4) is 0 Å². The number of nitrogens with one attached hydrogen (secondary N) is 1. The van der Waals surface area contributed by atoms with E-state index in [4.69, 9.17) is 9.47 Å². The number of amides is 2. The van der Waals surface area contributed by atoms with Crippen LogP contribution in [-0.4, -0.2) is 57.2 Å². The van der Waals surface area contributed by atoms with E-state index in [9.17, 15) is 14.0 Å². The van der Waals surface area contributed by atoms with Crippen LogP contribution in [0.15, 0.2) is 48.5 Å². The van der Waals surface area contributed by atoms with Gasteiger partial charge in [-0.1, -0.05) is 24.3 Å². The van der Waals surface area contributed by atoms with Gasteiger partial charge >= 0.3 is 0 Å². The molecule has 1 aliphatic rings. The molecule has 2 aromatic rings. The highest BCUT2D eigenvalue weighted by Gasteiger charge is 2.40. The summed E-state index contributed by atoms with van der Waals surface area (Å²) in [5, 5.41) is 2.94. The Morgan fingerprint density at radius 2 is 1.83 bits per heavy atom. The van der Waals surface area contributed by atoms with Crippen molar-refractivity contribution in [1.82, 2.24) is 10.2 Å². The SMILES string of the molecule is COCCCNC(=O)[C@H]1CN(C(=O)c2ccccc2F)C[C@@H]1c1ccc(OC)cc1. The Morgan fingerprint density at radius 1 is 1.10 bits per heavy atom. The molecule has 1 fully saturated rings. The summed E-state index contributed by atoms with van der Waals surface area (Å²) >= 11 is 0. The van der Waals surface area contributed by atoms with Gasteiger partial charge in [0.25, 0.3) is 5.91 Å². The molecular formula is C23H27FN2O4. The number of ether oxygens (including phenoxy) is 2. The fourth-order valence-corrected chi connectivity index (χ4v) is 3.79. The van der Waals surface area contributed by atoms with Crippen LogP contribution in [0.25, 0.3) is 0 Å². The van der Waals surface area contributed by atoms with Gasteiger partial charge in [0.15, 0.2) is 0 Å². The predicted octanol–water partition coefficient (Wildman–Crippen LogP) is 2.84. The third kappa shape index (κ3) is 4.97. The van der Waals surface area contributed by atoms with Crippen LogP contribution < -0.4 is 10.1 Å². The molecule has 0 radical (unpaired) electrons. The van der Waals surface area contributed by atoms with Crippen molar-refractivity contribution in [3.63, 3.8) is 0 Å². The van der Waals surface area contributed by atoms with E-state index in [1.807, 2.05) is 24.3 Å². The molecule has 1 aliphatic heterocycles. The maximum atomic E-state index is 14.1. The molecular weight excluding hydrogens is 387 g/mol. The second kappa shape index (κ2) is 10.2. The van der Waals surface area contributed by atoms with Gasteiger partial charge in [0.1, 0.15) is 11.6 Å². The minimum absolute atomic E-state index is 0.0205. The van der Waals surface area contributed by atoms with E-state index < -0.39 is 17.6 Å². The zero-order valence-corrected chi connectivity index (χ0v) is 17.3. The van der Waals surface area contributed by atoms with E-state index in [2.05, 4.69) is 5.32 Å². The van der Waals surface area contributed by atoms with Gasteiger partial charge in [-0.15, -0.1) is 0 Å². The van der Waals surface area contributed by atoms with Gasteiger partial charge in [0.05, 0.1) is 18.6 Å². The zero-order valence-electron chi connectivity index (χ0n) is 17.3. The van der Waals surface area contributed by atoms with Gasteiger partial charge in [0.2, 0.25) is 5.91 Å². The van der Waals surface area contributed by atoms with Gasteiger partial charge in [-0.05, 0) is 36.2 Å². The van der Waals surface area contributed by atoms with Gasteiger partial charge in [-0.2, -0.15) is 0 Å². The lowest BCUT2D eigenvalue weighted by Gasteiger charge is -2.18. The molecule has 3 rings (SSSR count). The number of benzene rings is 2.